The summed E-state index contributed by atoms with van der Waals surface area (Å²) >= 11 is 6.02. The lowest BCUT2D eigenvalue weighted by atomic mass is 10.2. The van der Waals surface area contributed by atoms with Gasteiger partial charge in [-0.15, -0.1) is 0 Å². The predicted molar refractivity (Wildman–Crippen MR) is 67.0 cm³/mol. The summed E-state index contributed by atoms with van der Waals surface area (Å²) in [5, 5.41) is 3.30. The second kappa shape index (κ2) is 5.01. The van der Waals surface area contributed by atoms with E-state index in [9.17, 15) is 4.79 Å². The van der Waals surface area contributed by atoms with Crippen LogP contribution in [0.1, 0.15) is 5.56 Å². The van der Waals surface area contributed by atoms with Crippen molar-refractivity contribution in [2.75, 3.05) is 5.32 Å². The number of benzene rings is 1. The minimum absolute atomic E-state index is 0.131. The maximum Gasteiger partial charge on any atom is 0.244 e. The van der Waals surface area contributed by atoms with Gasteiger partial charge in [0.05, 0.1) is 17.0 Å². The fourth-order valence-corrected chi connectivity index (χ4v) is 1.74. The smallest absolute Gasteiger partial charge is 0.244 e. The number of carbonyl (C=O) groups is 1. The lowest BCUT2D eigenvalue weighted by Gasteiger charge is -2.08. The zero-order chi connectivity index (χ0) is 12.3. The van der Waals surface area contributed by atoms with Crippen LogP contribution in [0.25, 0.3) is 0 Å². The van der Waals surface area contributed by atoms with E-state index in [0.29, 0.717) is 10.7 Å². The molecular weight excluding hydrogens is 238 g/mol. The van der Waals surface area contributed by atoms with Crippen LogP contribution in [0.3, 0.4) is 0 Å². The normalized spacial score (nSPS) is 10.2. The molecule has 0 aliphatic rings. The molecule has 0 aliphatic heterocycles. The van der Waals surface area contributed by atoms with E-state index in [1.165, 1.54) is 0 Å². The molecule has 0 unspecified atom stereocenters. The molecule has 2 rings (SSSR count). The number of rotatable bonds is 3. The minimum Gasteiger partial charge on any atom is -0.328 e. The molecule has 1 aromatic heterocycles. The van der Waals surface area contributed by atoms with Gasteiger partial charge in [-0.2, -0.15) is 0 Å². The highest BCUT2D eigenvalue weighted by Crippen LogP contribution is 2.22. The third-order valence-corrected chi connectivity index (χ3v) is 2.60. The molecule has 1 heterocycles. The molecule has 1 aromatic carbocycles. The van der Waals surface area contributed by atoms with E-state index < -0.39 is 0 Å². The second-order valence-electron chi connectivity index (χ2n) is 3.77. The van der Waals surface area contributed by atoms with Gasteiger partial charge in [-0.1, -0.05) is 17.7 Å². The Hall–Kier alpha value is -1.81. The molecule has 0 atom stereocenters. The number of amides is 1. The Balaban J connectivity index is 2.03. The maximum atomic E-state index is 11.7. The molecule has 0 saturated carbocycles. The van der Waals surface area contributed by atoms with E-state index in [4.69, 9.17) is 11.6 Å². The lowest BCUT2D eigenvalue weighted by Crippen LogP contribution is -2.18. The number of anilines is 1. The van der Waals surface area contributed by atoms with Crippen molar-refractivity contribution in [1.82, 2.24) is 9.55 Å². The standard InChI is InChI=1S/C12H12ClN3O/c1-9-2-3-11(10(13)6-9)15-12(17)7-16-5-4-14-8-16/h2-6,8H,7H2,1H3,(H,15,17). The van der Waals surface area contributed by atoms with E-state index in [1.807, 2.05) is 19.1 Å². The van der Waals surface area contributed by atoms with Crippen LogP contribution >= 0.6 is 11.6 Å². The van der Waals surface area contributed by atoms with Crippen LogP contribution in [0.5, 0.6) is 0 Å². The highest BCUT2D eigenvalue weighted by atomic mass is 35.5. The minimum atomic E-state index is -0.131. The Labute approximate surface area is 104 Å². The molecule has 88 valence electrons. The Morgan fingerprint density at radius 2 is 2.35 bits per heavy atom. The van der Waals surface area contributed by atoms with E-state index >= 15 is 0 Å². The van der Waals surface area contributed by atoms with Crippen molar-refractivity contribution in [3.05, 3.63) is 47.5 Å². The van der Waals surface area contributed by atoms with E-state index in [0.717, 1.165) is 5.56 Å². The van der Waals surface area contributed by atoms with E-state index in [-0.39, 0.29) is 12.5 Å². The number of halogens is 1. The first kappa shape index (κ1) is 11.7. The molecule has 0 radical (unpaired) electrons. The summed E-state index contributed by atoms with van der Waals surface area (Å²) in [7, 11) is 0. The predicted octanol–water partition coefficient (Wildman–Crippen LogP) is 2.48. The van der Waals surface area contributed by atoms with Gasteiger partial charge in [-0.05, 0) is 24.6 Å². The summed E-state index contributed by atoms with van der Waals surface area (Å²) < 4.78 is 1.69. The molecule has 2 aromatic rings. The summed E-state index contributed by atoms with van der Waals surface area (Å²) in [5.41, 5.74) is 1.69. The summed E-state index contributed by atoms with van der Waals surface area (Å²) in [4.78, 5) is 15.6. The topological polar surface area (TPSA) is 46.9 Å². The quantitative estimate of drug-likeness (QED) is 0.909. The number of imidazole rings is 1. The van der Waals surface area contributed by atoms with Gasteiger partial charge in [0.15, 0.2) is 0 Å². The average Bonchev–Trinajstić information content (AvgIpc) is 2.75. The highest BCUT2D eigenvalue weighted by molar-refractivity contribution is 6.33. The van der Waals surface area contributed by atoms with Crippen LogP contribution in [0, 0.1) is 6.92 Å². The van der Waals surface area contributed by atoms with Crippen molar-refractivity contribution >= 4 is 23.2 Å². The second-order valence-corrected chi connectivity index (χ2v) is 4.17. The number of aromatic nitrogens is 2. The van der Waals surface area contributed by atoms with Crippen molar-refractivity contribution in [1.29, 1.82) is 0 Å². The van der Waals surface area contributed by atoms with Crippen molar-refractivity contribution in [3.63, 3.8) is 0 Å². The van der Waals surface area contributed by atoms with Crippen LogP contribution < -0.4 is 5.32 Å². The van der Waals surface area contributed by atoms with Crippen LogP contribution in [0.4, 0.5) is 5.69 Å². The Bertz CT molecular complexity index is 523. The first-order valence-corrected chi connectivity index (χ1v) is 5.55. The molecule has 1 amide bonds. The average molecular weight is 250 g/mol. The molecule has 4 nitrogen and oxygen atoms in total. The third kappa shape index (κ3) is 3.07. The highest BCUT2D eigenvalue weighted by Gasteiger charge is 2.06. The van der Waals surface area contributed by atoms with Crippen molar-refractivity contribution in [2.45, 2.75) is 13.5 Å². The lowest BCUT2D eigenvalue weighted by molar-refractivity contribution is -0.116. The zero-order valence-electron chi connectivity index (χ0n) is 9.35. The molecule has 1 N–H and O–H groups in total. The SMILES string of the molecule is Cc1ccc(NC(=O)Cn2ccnc2)c(Cl)c1. The number of nitrogens with zero attached hydrogens (tertiary/aromatic N) is 2. The van der Waals surface area contributed by atoms with Crippen LogP contribution in [0.2, 0.25) is 5.02 Å². The van der Waals surface area contributed by atoms with Gasteiger partial charge in [0.2, 0.25) is 5.91 Å². The molecular formula is C12H12ClN3O. The Kier molecular flexibility index (Phi) is 3.44. The fourth-order valence-electron chi connectivity index (χ4n) is 1.46. The molecule has 17 heavy (non-hydrogen) atoms. The first-order chi connectivity index (χ1) is 8.15. The molecule has 0 aliphatic carbocycles. The first-order valence-electron chi connectivity index (χ1n) is 5.17. The van der Waals surface area contributed by atoms with Crippen molar-refractivity contribution in [3.8, 4) is 0 Å². The number of hydrogen-bond acceptors (Lipinski definition) is 2. The van der Waals surface area contributed by atoms with Crippen LogP contribution in [0.15, 0.2) is 36.9 Å². The van der Waals surface area contributed by atoms with Gasteiger partial charge in [0.1, 0.15) is 6.54 Å². The van der Waals surface area contributed by atoms with Crippen LogP contribution in [-0.4, -0.2) is 15.5 Å². The summed E-state index contributed by atoms with van der Waals surface area (Å²) in [5.74, 6) is -0.131. The molecule has 0 spiro atoms. The van der Waals surface area contributed by atoms with Gasteiger partial charge >= 0.3 is 0 Å². The van der Waals surface area contributed by atoms with Crippen LogP contribution in [-0.2, 0) is 11.3 Å². The maximum absolute atomic E-state index is 11.7. The Morgan fingerprint density at radius 3 is 3.00 bits per heavy atom. The summed E-state index contributed by atoms with van der Waals surface area (Å²) in [6.45, 7) is 2.17. The number of hydrogen-bond donors (Lipinski definition) is 1. The van der Waals surface area contributed by atoms with Crippen molar-refractivity contribution < 1.29 is 4.79 Å². The summed E-state index contributed by atoms with van der Waals surface area (Å²) in [6, 6.07) is 5.51. The molecule has 0 fully saturated rings. The fraction of sp³-hybridized carbons (Fsp3) is 0.167. The molecule has 0 saturated heterocycles. The number of aryl methyl sites for hydroxylation is 1. The number of nitrogens with one attached hydrogen (secondary N) is 1. The van der Waals surface area contributed by atoms with Gasteiger partial charge in [-0.3, -0.25) is 4.79 Å². The molecule has 0 bridgehead atoms. The van der Waals surface area contributed by atoms with Crippen molar-refractivity contribution in [2.24, 2.45) is 0 Å². The van der Waals surface area contributed by atoms with E-state index in [2.05, 4.69) is 10.3 Å². The third-order valence-electron chi connectivity index (χ3n) is 2.28. The van der Waals surface area contributed by atoms with Gasteiger partial charge < -0.3 is 9.88 Å². The summed E-state index contributed by atoms with van der Waals surface area (Å²) in [6.07, 6.45) is 4.96. The molecule has 5 heteroatoms. The Morgan fingerprint density at radius 1 is 1.53 bits per heavy atom. The van der Waals surface area contributed by atoms with E-state index in [1.54, 1.807) is 29.4 Å². The van der Waals surface area contributed by atoms with Gasteiger partial charge in [-0.25, -0.2) is 4.98 Å². The largest absolute Gasteiger partial charge is 0.328 e. The van der Waals surface area contributed by atoms with Gasteiger partial charge in [0.25, 0.3) is 0 Å². The van der Waals surface area contributed by atoms with Gasteiger partial charge in [0, 0.05) is 12.4 Å². The monoisotopic (exact) mass is 249 g/mol. The zero-order valence-corrected chi connectivity index (χ0v) is 10.1. The number of carbonyl (C=O) groups excluding carboxylic acids is 1.